The van der Waals surface area contributed by atoms with Crippen LogP contribution in [0.5, 0.6) is 5.75 Å². The average molecular weight is 438 g/mol. The molecule has 1 fully saturated rings. The van der Waals surface area contributed by atoms with Crippen molar-refractivity contribution in [3.8, 4) is 17.1 Å². The number of hydrogen-bond acceptors (Lipinski definition) is 5. The van der Waals surface area contributed by atoms with Crippen molar-refractivity contribution in [3.63, 3.8) is 0 Å². The molecular weight excluding hydrogens is 406 g/mol. The smallest absolute Gasteiger partial charge is 0.277 e. The zero-order valence-electron chi connectivity index (χ0n) is 19.0. The van der Waals surface area contributed by atoms with E-state index in [9.17, 15) is 9.59 Å². The Balaban J connectivity index is 1.77. The third-order valence-corrected chi connectivity index (χ3v) is 6.38. The van der Waals surface area contributed by atoms with Crippen LogP contribution in [0.2, 0.25) is 0 Å². The lowest BCUT2D eigenvalue weighted by Crippen LogP contribution is -2.27. The van der Waals surface area contributed by atoms with Crippen LogP contribution >= 0.6 is 0 Å². The number of aryl methyl sites for hydroxylation is 2. The van der Waals surface area contributed by atoms with Crippen molar-refractivity contribution < 1.29 is 9.53 Å². The number of ether oxygens (including phenoxy) is 1. The molecular formula is C24H31N5O3. The molecule has 0 atom stereocenters. The van der Waals surface area contributed by atoms with Crippen LogP contribution in [0.15, 0.2) is 23.0 Å². The average Bonchev–Trinajstić information content (AvgIpc) is 3.10. The lowest BCUT2D eigenvalue weighted by atomic mass is 9.78. The molecule has 1 amide bonds. The number of benzene rings is 1. The number of imidazole rings is 1. The molecule has 1 aliphatic carbocycles. The molecule has 0 spiro atoms. The van der Waals surface area contributed by atoms with E-state index in [1.807, 2.05) is 19.9 Å². The Kier molecular flexibility index (Phi) is 6.30. The molecule has 1 saturated carbocycles. The summed E-state index contributed by atoms with van der Waals surface area (Å²) >= 11 is 0. The van der Waals surface area contributed by atoms with Crippen LogP contribution in [0.1, 0.15) is 69.0 Å². The third-order valence-electron chi connectivity index (χ3n) is 6.38. The number of rotatable bonds is 7. The molecule has 1 aliphatic rings. The fraction of sp³-hybridized carbons (Fsp3) is 0.500. The second-order valence-electron chi connectivity index (χ2n) is 8.57. The fourth-order valence-electron chi connectivity index (χ4n) is 4.72. The van der Waals surface area contributed by atoms with Gasteiger partial charge in [0.15, 0.2) is 11.3 Å². The minimum absolute atomic E-state index is 0.0321. The Morgan fingerprint density at radius 2 is 2.00 bits per heavy atom. The van der Waals surface area contributed by atoms with E-state index in [0.717, 1.165) is 55.5 Å². The number of amides is 1. The summed E-state index contributed by atoms with van der Waals surface area (Å²) in [6, 6.07) is 6.09. The highest BCUT2D eigenvalue weighted by Gasteiger charge is 2.26. The summed E-state index contributed by atoms with van der Waals surface area (Å²) in [6.07, 6.45) is 5.08. The van der Waals surface area contributed by atoms with Crippen molar-refractivity contribution >= 4 is 11.4 Å². The largest absolute Gasteiger partial charge is 0.493 e. The van der Waals surface area contributed by atoms with Gasteiger partial charge in [0.05, 0.1) is 17.9 Å². The van der Waals surface area contributed by atoms with Gasteiger partial charge in [-0.15, -0.1) is 5.10 Å². The van der Waals surface area contributed by atoms with Gasteiger partial charge in [0, 0.05) is 12.3 Å². The van der Waals surface area contributed by atoms with Gasteiger partial charge in [0.2, 0.25) is 5.91 Å². The number of hydrogen-bond donors (Lipinski definition) is 2. The van der Waals surface area contributed by atoms with E-state index in [-0.39, 0.29) is 17.4 Å². The molecule has 3 aromatic rings. The zero-order chi connectivity index (χ0) is 22.8. The van der Waals surface area contributed by atoms with E-state index in [1.165, 1.54) is 0 Å². The molecule has 2 heterocycles. The van der Waals surface area contributed by atoms with Crippen molar-refractivity contribution in [2.24, 2.45) is 11.7 Å². The highest BCUT2D eigenvalue weighted by molar-refractivity contribution is 5.76. The normalized spacial score (nSPS) is 18.7. The second-order valence-corrected chi connectivity index (χ2v) is 8.57. The number of nitrogens with two attached hydrogens (primary N) is 1. The molecule has 8 heteroatoms. The Hall–Kier alpha value is -3.16. The maximum Gasteiger partial charge on any atom is 0.277 e. The summed E-state index contributed by atoms with van der Waals surface area (Å²) in [7, 11) is 0. The van der Waals surface area contributed by atoms with Crippen molar-refractivity contribution in [1.29, 1.82) is 0 Å². The monoisotopic (exact) mass is 437 g/mol. The number of nitrogens with one attached hydrogen (secondary N) is 1. The molecule has 0 radical (unpaired) electrons. The van der Waals surface area contributed by atoms with Crippen LogP contribution in [0.25, 0.3) is 16.9 Å². The first-order valence-corrected chi connectivity index (χ1v) is 11.5. The summed E-state index contributed by atoms with van der Waals surface area (Å²) in [6.45, 7) is 6.35. The highest BCUT2D eigenvalue weighted by atomic mass is 16.5. The Labute approximate surface area is 187 Å². The first kappa shape index (κ1) is 22.0. The molecule has 2 aromatic heterocycles. The van der Waals surface area contributed by atoms with Crippen LogP contribution in [0, 0.1) is 12.8 Å². The Morgan fingerprint density at radius 1 is 1.25 bits per heavy atom. The number of nitrogens with zero attached hydrogens (tertiary/aromatic N) is 3. The Bertz CT molecular complexity index is 1190. The number of primary amides is 1. The van der Waals surface area contributed by atoms with E-state index in [0.29, 0.717) is 35.3 Å². The molecule has 8 nitrogen and oxygen atoms in total. The summed E-state index contributed by atoms with van der Waals surface area (Å²) in [5.41, 5.74) is 8.36. The number of H-pyrrole nitrogens is 1. The first-order chi connectivity index (χ1) is 15.4. The third kappa shape index (κ3) is 4.13. The van der Waals surface area contributed by atoms with Gasteiger partial charge in [-0.25, -0.2) is 9.50 Å². The molecule has 3 N–H and O–H groups in total. The zero-order valence-corrected chi connectivity index (χ0v) is 19.0. The van der Waals surface area contributed by atoms with E-state index in [2.05, 4.69) is 29.0 Å². The summed E-state index contributed by atoms with van der Waals surface area (Å²) in [5.74, 6) is 2.03. The predicted molar refractivity (Wildman–Crippen MR) is 123 cm³/mol. The van der Waals surface area contributed by atoms with Crippen LogP contribution in [0.3, 0.4) is 0 Å². The van der Waals surface area contributed by atoms with Crippen molar-refractivity contribution in [1.82, 2.24) is 19.6 Å². The SMILES string of the molecule is CCCc1nc(C)c2c(=O)[nH]c(-c3cc(C4CCC(C(N)=O)CC4)ccc3OCC)nn12. The van der Waals surface area contributed by atoms with Gasteiger partial charge in [-0.1, -0.05) is 13.0 Å². The predicted octanol–water partition coefficient (Wildman–Crippen LogP) is 3.50. The van der Waals surface area contributed by atoms with E-state index < -0.39 is 0 Å². The van der Waals surface area contributed by atoms with Crippen LogP contribution in [-0.4, -0.2) is 32.1 Å². The van der Waals surface area contributed by atoms with Crippen molar-refractivity contribution in [2.75, 3.05) is 6.61 Å². The maximum absolute atomic E-state index is 12.9. The van der Waals surface area contributed by atoms with E-state index >= 15 is 0 Å². The first-order valence-electron chi connectivity index (χ1n) is 11.5. The second kappa shape index (κ2) is 9.14. The molecule has 1 aromatic carbocycles. The standard InChI is InChI=1S/C24H31N5O3/c1-4-6-20-26-14(3)21-24(31)27-23(28-29(20)21)18-13-17(11-12-19(18)32-5-2)15-7-9-16(10-8-15)22(25)30/h11-13,15-16H,4-10H2,1-3H3,(H2,25,30)(H,27,28,31). The molecule has 0 bridgehead atoms. The van der Waals surface area contributed by atoms with Crippen molar-refractivity contribution in [3.05, 3.63) is 45.6 Å². The number of carbonyl (C=O) groups excluding carboxylic acids is 1. The van der Waals surface area contributed by atoms with Crippen LogP contribution in [0.4, 0.5) is 0 Å². The minimum atomic E-state index is -0.211. The summed E-state index contributed by atoms with van der Waals surface area (Å²) < 4.78 is 7.54. The van der Waals surface area contributed by atoms with Crippen molar-refractivity contribution in [2.45, 2.75) is 65.2 Å². The number of carbonyl (C=O) groups is 1. The van der Waals surface area contributed by atoms with Gasteiger partial charge < -0.3 is 15.5 Å². The molecule has 4 rings (SSSR count). The van der Waals surface area contributed by atoms with E-state index in [4.69, 9.17) is 15.6 Å². The fourth-order valence-corrected chi connectivity index (χ4v) is 4.72. The topological polar surface area (TPSA) is 115 Å². The lowest BCUT2D eigenvalue weighted by molar-refractivity contribution is -0.122. The maximum atomic E-state index is 12.9. The summed E-state index contributed by atoms with van der Waals surface area (Å²) in [5, 5.41) is 4.77. The van der Waals surface area contributed by atoms with Gasteiger partial charge in [-0.3, -0.25) is 9.59 Å². The van der Waals surface area contributed by atoms with Crippen LogP contribution < -0.4 is 16.0 Å². The molecule has 32 heavy (non-hydrogen) atoms. The number of fused-ring (bicyclic) bond motifs is 1. The molecule has 0 unspecified atom stereocenters. The van der Waals surface area contributed by atoms with Gasteiger partial charge >= 0.3 is 0 Å². The minimum Gasteiger partial charge on any atom is -0.493 e. The lowest BCUT2D eigenvalue weighted by Gasteiger charge is -2.27. The van der Waals surface area contributed by atoms with Gasteiger partial charge in [0.1, 0.15) is 11.6 Å². The van der Waals surface area contributed by atoms with E-state index in [1.54, 1.807) is 4.52 Å². The Morgan fingerprint density at radius 3 is 2.66 bits per heavy atom. The molecule has 0 aliphatic heterocycles. The summed E-state index contributed by atoms with van der Waals surface area (Å²) in [4.78, 5) is 32.0. The van der Waals surface area contributed by atoms with Gasteiger partial charge in [-0.2, -0.15) is 0 Å². The molecule has 0 saturated heterocycles. The highest BCUT2D eigenvalue weighted by Crippen LogP contribution is 2.39. The quantitative estimate of drug-likeness (QED) is 0.587. The van der Waals surface area contributed by atoms with Gasteiger partial charge in [-0.05, 0) is 69.6 Å². The van der Waals surface area contributed by atoms with Gasteiger partial charge in [0.25, 0.3) is 5.56 Å². The van der Waals surface area contributed by atoms with Crippen LogP contribution in [-0.2, 0) is 11.2 Å². The molecule has 170 valence electrons. The number of aromatic amines is 1. The number of aromatic nitrogens is 4.